The maximum Gasteiger partial charge on any atom is 0.274 e. The van der Waals surface area contributed by atoms with Crippen molar-refractivity contribution in [2.75, 3.05) is 44.0 Å². The van der Waals surface area contributed by atoms with Gasteiger partial charge in [0.25, 0.3) is 5.91 Å². The van der Waals surface area contributed by atoms with Crippen LogP contribution < -0.4 is 20.5 Å². The molecule has 0 bridgehead atoms. The maximum atomic E-state index is 15.6. The average molecular weight is 561 g/mol. The second kappa shape index (κ2) is 11.5. The fraction of sp³-hybridized carbons (Fsp3) is 0.267. The Morgan fingerprint density at radius 2 is 1.88 bits per heavy atom. The number of piperazine rings is 1. The lowest BCUT2D eigenvalue weighted by atomic mass is 10.0. The number of carbonyl (C=O) groups is 1. The number of hydrogen-bond acceptors (Lipinski definition) is 7. The summed E-state index contributed by atoms with van der Waals surface area (Å²) in [7, 11) is 5.06. The van der Waals surface area contributed by atoms with E-state index in [1.165, 1.54) is 48.2 Å². The molecule has 1 aliphatic heterocycles. The van der Waals surface area contributed by atoms with Crippen molar-refractivity contribution in [1.29, 1.82) is 0 Å². The van der Waals surface area contributed by atoms with Crippen LogP contribution in [-0.2, 0) is 7.05 Å². The standard InChI is InChI=1S/C30H30F2N6O3/c1-18-16-38(13-12-36(18)2)25-14-20(19-8-9-27(39)37(3)17-19)22(32)15-24(25)35-30(40)23-10-11-33-29(34-23)28-21(31)6-5-7-26(28)41-4/h5-11,14-15,17-18H,12-13,16H2,1-4H3,(H,35,40)/t18-/m0/s1. The average Bonchev–Trinajstić information content (AvgIpc) is 2.96. The molecule has 0 radical (unpaired) electrons. The van der Waals surface area contributed by atoms with Gasteiger partial charge in [0, 0.05) is 68.4 Å². The van der Waals surface area contributed by atoms with Gasteiger partial charge in [-0.25, -0.2) is 18.7 Å². The highest BCUT2D eigenvalue weighted by molar-refractivity contribution is 6.05. The normalized spacial score (nSPS) is 15.6. The van der Waals surface area contributed by atoms with E-state index in [1.807, 2.05) is 7.05 Å². The van der Waals surface area contributed by atoms with Crippen molar-refractivity contribution in [3.05, 3.63) is 88.6 Å². The van der Waals surface area contributed by atoms with Crippen LogP contribution in [0.15, 0.2) is 65.7 Å². The van der Waals surface area contributed by atoms with Gasteiger partial charge < -0.3 is 24.4 Å². The molecule has 1 N–H and O–H groups in total. The third-order valence-corrected chi connectivity index (χ3v) is 7.34. The Hall–Kier alpha value is -4.64. The van der Waals surface area contributed by atoms with Crippen LogP contribution in [0.25, 0.3) is 22.5 Å². The lowest BCUT2D eigenvalue weighted by Crippen LogP contribution is -2.50. The van der Waals surface area contributed by atoms with E-state index in [1.54, 1.807) is 31.4 Å². The van der Waals surface area contributed by atoms with Crippen molar-refractivity contribution < 1.29 is 18.3 Å². The zero-order valence-electron chi connectivity index (χ0n) is 23.2. The highest BCUT2D eigenvalue weighted by atomic mass is 19.1. The van der Waals surface area contributed by atoms with E-state index in [-0.39, 0.29) is 40.1 Å². The van der Waals surface area contributed by atoms with E-state index < -0.39 is 17.5 Å². The molecule has 3 heterocycles. The molecule has 9 nitrogen and oxygen atoms in total. The van der Waals surface area contributed by atoms with E-state index in [0.717, 1.165) is 6.54 Å². The van der Waals surface area contributed by atoms with Crippen LogP contribution in [0.2, 0.25) is 0 Å². The van der Waals surface area contributed by atoms with Gasteiger partial charge in [0.1, 0.15) is 23.1 Å². The van der Waals surface area contributed by atoms with Gasteiger partial charge in [-0.2, -0.15) is 0 Å². The van der Waals surface area contributed by atoms with E-state index in [2.05, 4.69) is 32.0 Å². The van der Waals surface area contributed by atoms with Gasteiger partial charge in [0.05, 0.1) is 24.0 Å². The number of carbonyl (C=O) groups excluding carboxylic acids is 1. The molecule has 1 atom stereocenters. The van der Waals surface area contributed by atoms with Crippen molar-refractivity contribution in [2.24, 2.45) is 7.05 Å². The number of anilines is 2. The number of methoxy groups -OCH3 is 1. The van der Waals surface area contributed by atoms with Crippen molar-refractivity contribution in [2.45, 2.75) is 13.0 Å². The topological polar surface area (TPSA) is 92.6 Å². The molecule has 11 heteroatoms. The number of benzene rings is 2. The number of hydrogen-bond donors (Lipinski definition) is 1. The highest BCUT2D eigenvalue weighted by Crippen LogP contribution is 2.36. The van der Waals surface area contributed by atoms with Crippen LogP contribution in [-0.4, -0.2) is 65.2 Å². The molecule has 1 saturated heterocycles. The molecule has 0 unspecified atom stereocenters. The summed E-state index contributed by atoms with van der Waals surface area (Å²) in [6.45, 7) is 4.19. The van der Waals surface area contributed by atoms with Crippen molar-refractivity contribution in [3.63, 3.8) is 0 Å². The second-order valence-electron chi connectivity index (χ2n) is 10.0. The lowest BCUT2D eigenvalue weighted by molar-refractivity contribution is 0.102. The monoisotopic (exact) mass is 560 g/mol. The van der Waals surface area contributed by atoms with Crippen LogP contribution in [0.3, 0.4) is 0 Å². The molecular formula is C30H30F2N6O3. The minimum Gasteiger partial charge on any atom is -0.496 e. The summed E-state index contributed by atoms with van der Waals surface area (Å²) in [6, 6.07) is 11.9. The fourth-order valence-electron chi connectivity index (χ4n) is 4.85. The first kappa shape index (κ1) is 27.9. The number of ether oxygens (including phenoxy) is 1. The molecular weight excluding hydrogens is 530 g/mol. The Morgan fingerprint density at radius 3 is 2.61 bits per heavy atom. The Labute approximate surface area is 236 Å². The Balaban J connectivity index is 1.54. The predicted octanol–water partition coefficient (Wildman–Crippen LogP) is 4.19. The Bertz CT molecular complexity index is 1670. The molecule has 0 saturated carbocycles. The largest absolute Gasteiger partial charge is 0.496 e. The molecule has 0 aliphatic carbocycles. The number of aryl methyl sites for hydroxylation is 1. The van der Waals surface area contributed by atoms with Crippen LogP contribution in [0, 0.1) is 11.6 Å². The van der Waals surface area contributed by atoms with E-state index in [4.69, 9.17) is 4.74 Å². The van der Waals surface area contributed by atoms with E-state index >= 15 is 4.39 Å². The third kappa shape index (κ3) is 5.66. The minimum absolute atomic E-state index is 0.0167. The SMILES string of the molecule is COc1cccc(F)c1-c1nccc(C(=O)Nc2cc(F)c(-c3ccc(=O)n(C)c3)cc2N2CCN(C)[C@@H](C)C2)n1. The van der Waals surface area contributed by atoms with Crippen LogP contribution in [0.1, 0.15) is 17.4 Å². The van der Waals surface area contributed by atoms with Crippen molar-refractivity contribution >= 4 is 17.3 Å². The number of rotatable bonds is 6. The van der Waals surface area contributed by atoms with Crippen molar-refractivity contribution in [3.8, 4) is 28.3 Å². The van der Waals surface area contributed by atoms with E-state index in [9.17, 15) is 14.0 Å². The number of nitrogens with one attached hydrogen (secondary N) is 1. The molecule has 41 heavy (non-hydrogen) atoms. The zero-order valence-corrected chi connectivity index (χ0v) is 23.2. The third-order valence-electron chi connectivity index (χ3n) is 7.34. The second-order valence-corrected chi connectivity index (χ2v) is 10.0. The van der Waals surface area contributed by atoms with Gasteiger partial charge in [-0.3, -0.25) is 9.59 Å². The summed E-state index contributed by atoms with van der Waals surface area (Å²) in [5.74, 6) is -1.56. The first-order valence-corrected chi connectivity index (χ1v) is 13.1. The van der Waals surface area contributed by atoms with Crippen LogP contribution >= 0.6 is 0 Å². The molecule has 2 aromatic heterocycles. The van der Waals surface area contributed by atoms with Gasteiger partial charge in [-0.1, -0.05) is 6.07 Å². The lowest BCUT2D eigenvalue weighted by Gasteiger charge is -2.39. The van der Waals surface area contributed by atoms with Gasteiger partial charge in [-0.05, 0) is 44.3 Å². The van der Waals surface area contributed by atoms with Crippen LogP contribution in [0.5, 0.6) is 5.75 Å². The molecule has 5 rings (SSSR count). The molecule has 2 aromatic carbocycles. The molecule has 1 aliphatic rings. The van der Waals surface area contributed by atoms with Crippen LogP contribution in [0.4, 0.5) is 20.2 Å². The molecule has 1 fully saturated rings. The Morgan fingerprint density at radius 1 is 1.07 bits per heavy atom. The molecule has 212 valence electrons. The summed E-state index contributed by atoms with van der Waals surface area (Å²) in [5.41, 5.74) is 1.53. The number of pyridine rings is 1. The first-order valence-electron chi connectivity index (χ1n) is 13.1. The quantitative estimate of drug-likeness (QED) is 0.378. The first-order chi connectivity index (χ1) is 19.7. The van der Waals surface area contributed by atoms with Gasteiger partial charge in [-0.15, -0.1) is 0 Å². The zero-order chi connectivity index (χ0) is 29.3. The number of likely N-dealkylation sites (N-methyl/N-ethyl adjacent to an activating group) is 1. The summed E-state index contributed by atoms with van der Waals surface area (Å²) >= 11 is 0. The summed E-state index contributed by atoms with van der Waals surface area (Å²) in [5, 5.41) is 2.81. The van der Waals surface area contributed by atoms with Crippen molar-refractivity contribution in [1.82, 2.24) is 19.4 Å². The molecule has 0 spiro atoms. The maximum absolute atomic E-state index is 15.6. The smallest absolute Gasteiger partial charge is 0.274 e. The van der Waals surface area contributed by atoms with Gasteiger partial charge >= 0.3 is 0 Å². The summed E-state index contributed by atoms with van der Waals surface area (Å²) < 4.78 is 36.9. The number of halogens is 2. The minimum atomic E-state index is -0.610. The van der Waals surface area contributed by atoms with Gasteiger partial charge in [0.15, 0.2) is 5.82 Å². The fourth-order valence-corrected chi connectivity index (χ4v) is 4.85. The highest BCUT2D eigenvalue weighted by Gasteiger charge is 2.26. The number of aromatic nitrogens is 3. The summed E-state index contributed by atoms with van der Waals surface area (Å²) in [4.78, 5) is 38.1. The molecule has 1 amide bonds. The Kier molecular flexibility index (Phi) is 7.80. The number of amides is 1. The molecule has 4 aromatic rings. The van der Waals surface area contributed by atoms with Gasteiger partial charge in [0.2, 0.25) is 5.56 Å². The summed E-state index contributed by atoms with van der Waals surface area (Å²) in [6.07, 6.45) is 2.93. The van der Waals surface area contributed by atoms with E-state index in [0.29, 0.717) is 29.9 Å². The number of nitrogens with zero attached hydrogens (tertiary/aromatic N) is 5. The predicted molar refractivity (Wildman–Crippen MR) is 153 cm³/mol.